The molecule has 0 atom stereocenters. The predicted octanol–water partition coefficient (Wildman–Crippen LogP) is 3.54. The fourth-order valence-corrected chi connectivity index (χ4v) is 2.41. The molecular formula is C14H21ClN2. The first-order valence-corrected chi connectivity index (χ1v) is 6.83. The van der Waals surface area contributed by atoms with Gasteiger partial charge in [0.05, 0.1) is 10.7 Å². The lowest BCUT2D eigenvalue weighted by atomic mass is 9.85. The summed E-state index contributed by atoms with van der Waals surface area (Å²) in [4.78, 5) is 2.49. The maximum Gasteiger partial charge on any atom is 0.0635 e. The number of halogens is 1. The topological polar surface area (TPSA) is 29.3 Å². The molecule has 0 unspecified atom stereocenters. The second-order valence-electron chi connectivity index (χ2n) is 4.98. The molecule has 0 radical (unpaired) electrons. The van der Waals surface area contributed by atoms with E-state index in [1.54, 1.807) is 0 Å². The summed E-state index contributed by atoms with van der Waals surface area (Å²) in [5.74, 6) is 0.916. The highest BCUT2D eigenvalue weighted by molar-refractivity contribution is 6.33. The monoisotopic (exact) mass is 252 g/mol. The summed E-state index contributed by atoms with van der Waals surface area (Å²) in [7, 11) is 0. The minimum absolute atomic E-state index is 0.649. The van der Waals surface area contributed by atoms with Crippen LogP contribution in [0.25, 0.3) is 0 Å². The van der Waals surface area contributed by atoms with Gasteiger partial charge in [-0.15, -0.1) is 0 Å². The van der Waals surface area contributed by atoms with Crippen molar-refractivity contribution in [2.75, 3.05) is 18.8 Å². The molecule has 3 heteroatoms. The minimum Gasteiger partial charge on any atom is -0.398 e. The predicted molar refractivity (Wildman–Crippen MR) is 74.2 cm³/mol. The third-order valence-electron chi connectivity index (χ3n) is 3.65. The van der Waals surface area contributed by atoms with Gasteiger partial charge >= 0.3 is 0 Å². The van der Waals surface area contributed by atoms with Crippen molar-refractivity contribution in [3.8, 4) is 0 Å². The van der Waals surface area contributed by atoms with Crippen LogP contribution in [0, 0.1) is 5.92 Å². The van der Waals surface area contributed by atoms with Gasteiger partial charge in [0.25, 0.3) is 0 Å². The van der Waals surface area contributed by atoms with Gasteiger partial charge in [0, 0.05) is 13.1 Å². The highest BCUT2D eigenvalue weighted by Gasteiger charge is 2.20. The molecule has 1 aliphatic carbocycles. The summed E-state index contributed by atoms with van der Waals surface area (Å²) in [5, 5.41) is 0.649. The van der Waals surface area contributed by atoms with E-state index in [9.17, 15) is 0 Å². The third kappa shape index (κ3) is 3.36. The summed E-state index contributed by atoms with van der Waals surface area (Å²) in [6, 6.07) is 5.96. The highest BCUT2D eigenvalue weighted by atomic mass is 35.5. The van der Waals surface area contributed by atoms with E-state index in [-0.39, 0.29) is 0 Å². The van der Waals surface area contributed by atoms with Gasteiger partial charge in [-0.25, -0.2) is 0 Å². The number of anilines is 1. The number of nitrogens with two attached hydrogens (primary N) is 1. The maximum atomic E-state index is 5.93. The molecule has 0 saturated heterocycles. The first kappa shape index (κ1) is 12.7. The van der Waals surface area contributed by atoms with Crippen molar-refractivity contribution in [1.29, 1.82) is 0 Å². The van der Waals surface area contributed by atoms with Crippen LogP contribution in [0.1, 0.15) is 31.7 Å². The van der Waals surface area contributed by atoms with Crippen LogP contribution < -0.4 is 5.73 Å². The first-order valence-electron chi connectivity index (χ1n) is 6.45. The zero-order chi connectivity index (χ0) is 12.3. The van der Waals surface area contributed by atoms with E-state index in [0.29, 0.717) is 10.7 Å². The molecule has 1 aromatic rings. The van der Waals surface area contributed by atoms with Crippen LogP contribution in [-0.2, 0) is 6.54 Å². The van der Waals surface area contributed by atoms with Crippen molar-refractivity contribution in [2.45, 2.75) is 32.7 Å². The number of benzene rings is 1. The molecule has 0 heterocycles. The Hall–Kier alpha value is -0.730. The quantitative estimate of drug-likeness (QED) is 0.813. The second-order valence-corrected chi connectivity index (χ2v) is 5.39. The molecule has 1 aromatic carbocycles. The SMILES string of the molecule is CCN(Cc1ccc(Cl)c(N)c1)CC1CCC1. The van der Waals surface area contributed by atoms with Crippen molar-refractivity contribution in [2.24, 2.45) is 5.92 Å². The van der Waals surface area contributed by atoms with Crippen molar-refractivity contribution in [1.82, 2.24) is 4.90 Å². The normalized spacial score (nSPS) is 16.2. The molecule has 2 nitrogen and oxygen atoms in total. The largest absolute Gasteiger partial charge is 0.398 e. The number of nitrogens with zero attached hydrogens (tertiary/aromatic N) is 1. The molecule has 0 spiro atoms. The lowest BCUT2D eigenvalue weighted by Crippen LogP contribution is -2.32. The summed E-state index contributed by atoms with van der Waals surface area (Å²) in [5.41, 5.74) is 7.77. The van der Waals surface area contributed by atoms with Crippen LogP contribution in [0.15, 0.2) is 18.2 Å². The van der Waals surface area contributed by atoms with Crippen LogP contribution in [0.4, 0.5) is 5.69 Å². The molecule has 1 saturated carbocycles. The van der Waals surface area contributed by atoms with Crippen molar-refractivity contribution in [3.63, 3.8) is 0 Å². The Balaban J connectivity index is 1.94. The Bertz CT molecular complexity index is 374. The van der Waals surface area contributed by atoms with E-state index < -0.39 is 0 Å². The Morgan fingerprint density at radius 1 is 1.41 bits per heavy atom. The zero-order valence-electron chi connectivity index (χ0n) is 10.5. The third-order valence-corrected chi connectivity index (χ3v) is 4.00. The van der Waals surface area contributed by atoms with Gasteiger partial charge in [0.1, 0.15) is 0 Å². The lowest BCUT2D eigenvalue weighted by molar-refractivity contribution is 0.178. The summed E-state index contributed by atoms with van der Waals surface area (Å²) < 4.78 is 0. The van der Waals surface area contributed by atoms with Gasteiger partial charge in [-0.1, -0.05) is 31.0 Å². The van der Waals surface area contributed by atoms with Gasteiger partial charge in [-0.2, -0.15) is 0 Å². The van der Waals surface area contributed by atoms with E-state index in [0.717, 1.165) is 19.0 Å². The number of rotatable bonds is 5. The molecule has 0 bridgehead atoms. The Kier molecular flexibility index (Phi) is 4.30. The molecule has 2 rings (SSSR count). The van der Waals surface area contributed by atoms with E-state index in [4.69, 9.17) is 17.3 Å². The molecule has 0 aliphatic heterocycles. The minimum atomic E-state index is 0.649. The van der Waals surface area contributed by atoms with E-state index in [1.807, 2.05) is 12.1 Å². The Morgan fingerprint density at radius 2 is 2.18 bits per heavy atom. The van der Waals surface area contributed by atoms with Gasteiger partial charge in [-0.3, -0.25) is 4.90 Å². The average molecular weight is 253 g/mol. The number of nitrogen functional groups attached to an aromatic ring is 1. The summed E-state index contributed by atoms with van der Waals surface area (Å²) in [6.45, 7) is 5.52. The van der Waals surface area contributed by atoms with Crippen molar-refractivity contribution in [3.05, 3.63) is 28.8 Å². The first-order chi connectivity index (χ1) is 8.19. The fourth-order valence-electron chi connectivity index (χ4n) is 2.30. The van der Waals surface area contributed by atoms with Gasteiger partial charge < -0.3 is 5.73 Å². The lowest BCUT2D eigenvalue weighted by Gasteiger charge is -2.31. The molecule has 1 fully saturated rings. The van der Waals surface area contributed by atoms with Crippen molar-refractivity contribution >= 4 is 17.3 Å². The second kappa shape index (κ2) is 5.74. The molecular weight excluding hydrogens is 232 g/mol. The molecule has 17 heavy (non-hydrogen) atoms. The molecule has 0 aromatic heterocycles. The molecule has 2 N–H and O–H groups in total. The summed E-state index contributed by atoms with van der Waals surface area (Å²) in [6.07, 6.45) is 4.22. The van der Waals surface area contributed by atoms with E-state index in [1.165, 1.54) is 31.4 Å². The Morgan fingerprint density at radius 3 is 2.71 bits per heavy atom. The Labute approximate surface area is 109 Å². The van der Waals surface area contributed by atoms with Crippen LogP contribution >= 0.6 is 11.6 Å². The fraction of sp³-hybridized carbons (Fsp3) is 0.571. The van der Waals surface area contributed by atoms with Crippen molar-refractivity contribution < 1.29 is 0 Å². The number of hydrogen-bond donors (Lipinski definition) is 1. The van der Waals surface area contributed by atoms with E-state index >= 15 is 0 Å². The molecule has 1 aliphatic rings. The molecule has 0 amide bonds. The average Bonchev–Trinajstić information content (AvgIpc) is 2.26. The highest BCUT2D eigenvalue weighted by Crippen LogP contribution is 2.28. The van der Waals surface area contributed by atoms with Crippen LogP contribution in [-0.4, -0.2) is 18.0 Å². The smallest absolute Gasteiger partial charge is 0.0635 e. The maximum absolute atomic E-state index is 5.93. The van der Waals surface area contributed by atoms with Gasteiger partial charge in [0.15, 0.2) is 0 Å². The van der Waals surface area contributed by atoms with Crippen LogP contribution in [0.5, 0.6) is 0 Å². The van der Waals surface area contributed by atoms with Crippen LogP contribution in [0.2, 0.25) is 5.02 Å². The zero-order valence-corrected chi connectivity index (χ0v) is 11.2. The number of hydrogen-bond acceptors (Lipinski definition) is 2. The van der Waals surface area contributed by atoms with Gasteiger partial charge in [0.2, 0.25) is 0 Å². The van der Waals surface area contributed by atoms with Crippen LogP contribution in [0.3, 0.4) is 0 Å². The van der Waals surface area contributed by atoms with Gasteiger partial charge in [-0.05, 0) is 43.0 Å². The standard InChI is InChI=1S/C14H21ClN2/c1-2-17(9-11-4-3-5-11)10-12-6-7-13(15)14(16)8-12/h6-8,11H,2-5,9-10,16H2,1H3. The summed E-state index contributed by atoms with van der Waals surface area (Å²) >= 11 is 5.93. The van der Waals surface area contributed by atoms with E-state index in [2.05, 4.69) is 17.9 Å². The molecule has 94 valence electrons.